The molecule has 0 amide bonds. The summed E-state index contributed by atoms with van der Waals surface area (Å²) in [4.78, 5) is 0.971. The van der Waals surface area contributed by atoms with Crippen molar-refractivity contribution in [1.29, 1.82) is 0 Å². The topological polar surface area (TPSA) is 47.3 Å². The zero-order valence-corrected chi connectivity index (χ0v) is 12.1. The Morgan fingerprint density at radius 1 is 1.42 bits per heavy atom. The van der Waals surface area contributed by atoms with Gasteiger partial charge in [-0.2, -0.15) is 8.78 Å². The van der Waals surface area contributed by atoms with Crippen molar-refractivity contribution in [3.63, 3.8) is 0 Å². The summed E-state index contributed by atoms with van der Waals surface area (Å²) in [5.74, 6) is 1.13. The van der Waals surface area contributed by atoms with Crippen LogP contribution in [-0.2, 0) is 11.2 Å². The van der Waals surface area contributed by atoms with Crippen LogP contribution < -0.4 is 11.3 Å². The molecule has 1 aromatic rings. The number of ether oxygens (including phenoxy) is 1. The molecule has 0 aromatic carbocycles. The fourth-order valence-corrected chi connectivity index (χ4v) is 2.83. The number of thiophene rings is 1. The van der Waals surface area contributed by atoms with Gasteiger partial charge in [0.2, 0.25) is 0 Å². The molecule has 1 unspecified atom stereocenters. The third-order valence-electron chi connectivity index (χ3n) is 2.24. The highest BCUT2D eigenvalue weighted by molar-refractivity contribution is 9.11. The van der Waals surface area contributed by atoms with Crippen molar-refractivity contribution >= 4 is 27.3 Å². The van der Waals surface area contributed by atoms with E-state index in [2.05, 4.69) is 26.1 Å². The first-order chi connectivity index (χ1) is 8.85. The molecule has 3 N–H and O–H groups in total. The minimum Gasteiger partial charge on any atom is -0.373 e. The lowest BCUT2D eigenvalue weighted by molar-refractivity contribution is -0.167. The predicted octanol–water partition coefficient (Wildman–Crippen LogP) is 2.80. The Balaban J connectivity index is 2.37. The first-order valence-electron chi connectivity index (χ1n) is 5.29. The summed E-state index contributed by atoms with van der Waals surface area (Å²) in [5, 5.41) is 0. The van der Waals surface area contributed by atoms with Crippen LogP contribution in [0.3, 0.4) is 0 Å². The van der Waals surface area contributed by atoms with Gasteiger partial charge in [0.25, 0.3) is 0 Å². The van der Waals surface area contributed by atoms with Gasteiger partial charge in [-0.1, -0.05) is 0 Å². The molecule has 0 aliphatic carbocycles. The van der Waals surface area contributed by atoms with Crippen LogP contribution >= 0.6 is 27.3 Å². The van der Waals surface area contributed by atoms with Crippen molar-refractivity contribution in [2.75, 3.05) is 13.2 Å². The second-order valence-corrected chi connectivity index (χ2v) is 6.40. The summed E-state index contributed by atoms with van der Waals surface area (Å²) in [6.07, 6.45) is -3.27. The van der Waals surface area contributed by atoms with E-state index < -0.39 is 25.0 Å². The largest absolute Gasteiger partial charge is 0.373 e. The molecule has 0 saturated heterocycles. The van der Waals surface area contributed by atoms with Crippen molar-refractivity contribution < 1.29 is 22.3 Å². The van der Waals surface area contributed by atoms with Gasteiger partial charge in [0.1, 0.15) is 6.61 Å². The van der Waals surface area contributed by atoms with E-state index in [1.807, 2.05) is 12.1 Å². The number of halogens is 5. The second-order valence-electron chi connectivity index (χ2n) is 3.85. The first-order valence-corrected chi connectivity index (χ1v) is 6.90. The Hall–Kier alpha value is -0.220. The molecule has 1 atom stereocenters. The molecule has 9 heteroatoms. The Kier molecular flexibility index (Phi) is 6.67. The third kappa shape index (κ3) is 5.74. The van der Waals surface area contributed by atoms with Crippen LogP contribution in [-0.4, -0.2) is 31.6 Å². The monoisotopic (exact) mass is 364 g/mol. The number of rotatable bonds is 8. The second kappa shape index (κ2) is 7.53. The summed E-state index contributed by atoms with van der Waals surface area (Å²) in [6.45, 7) is -1.49. The lowest BCUT2D eigenvalue weighted by Gasteiger charge is -2.19. The maximum Gasteiger partial charge on any atom is 0.330 e. The molecule has 0 spiro atoms. The van der Waals surface area contributed by atoms with Gasteiger partial charge in [-0.25, -0.2) is 8.78 Å². The van der Waals surface area contributed by atoms with E-state index in [9.17, 15) is 17.6 Å². The third-order valence-corrected chi connectivity index (χ3v) is 3.89. The molecule has 0 saturated carbocycles. The fraction of sp³-hybridized carbons (Fsp3) is 0.600. The number of nitrogens with one attached hydrogen (secondary N) is 1. The predicted molar refractivity (Wildman–Crippen MR) is 68.6 cm³/mol. The lowest BCUT2D eigenvalue weighted by atomic mass is 10.2. The molecule has 3 nitrogen and oxygen atoms in total. The van der Waals surface area contributed by atoms with E-state index in [-0.39, 0.29) is 6.61 Å². The van der Waals surface area contributed by atoms with Crippen LogP contribution in [0, 0.1) is 0 Å². The quantitative estimate of drug-likeness (QED) is 0.423. The van der Waals surface area contributed by atoms with Gasteiger partial charge in [-0.15, -0.1) is 11.3 Å². The Morgan fingerprint density at radius 3 is 2.58 bits per heavy atom. The number of hydrogen-bond donors (Lipinski definition) is 2. The maximum absolute atomic E-state index is 12.6. The molecule has 0 aliphatic rings. The molecule has 1 heterocycles. The molecule has 0 bridgehead atoms. The van der Waals surface area contributed by atoms with Crippen molar-refractivity contribution in [1.82, 2.24) is 5.43 Å². The van der Waals surface area contributed by atoms with Crippen molar-refractivity contribution in [2.24, 2.45) is 5.84 Å². The van der Waals surface area contributed by atoms with Gasteiger partial charge in [-0.3, -0.25) is 11.3 Å². The van der Waals surface area contributed by atoms with E-state index in [0.717, 1.165) is 8.66 Å². The van der Waals surface area contributed by atoms with Gasteiger partial charge in [0, 0.05) is 17.3 Å². The Morgan fingerprint density at radius 2 is 2.11 bits per heavy atom. The van der Waals surface area contributed by atoms with Gasteiger partial charge in [0.15, 0.2) is 0 Å². The maximum atomic E-state index is 12.6. The summed E-state index contributed by atoms with van der Waals surface area (Å²) in [6, 6.07) is 3.28. The summed E-state index contributed by atoms with van der Waals surface area (Å²) in [5.41, 5.74) is 2.41. The molecule has 1 aromatic heterocycles. The van der Waals surface area contributed by atoms with E-state index in [1.165, 1.54) is 11.3 Å². The van der Waals surface area contributed by atoms with Crippen LogP contribution in [0.2, 0.25) is 0 Å². The summed E-state index contributed by atoms with van der Waals surface area (Å²) in [7, 11) is 0. The molecule has 0 aliphatic heterocycles. The minimum atomic E-state index is -4.13. The zero-order chi connectivity index (χ0) is 14.5. The number of alkyl halides is 4. The zero-order valence-electron chi connectivity index (χ0n) is 9.71. The van der Waals surface area contributed by atoms with Crippen LogP contribution in [0.4, 0.5) is 17.6 Å². The van der Waals surface area contributed by atoms with Gasteiger partial charge < -0.3 is 4.74 Å². The Bertz CT molecular complexity index is 391. The highest BCUT2D eigenvalue weighted by atomic mass is 79.9. The fourth-order valence-electron chi connectivity index (χ4n) is 1.27. The molecular formula is C10H13BrF4N2OS. The van der Waals surface area contributed by atoms with Crippen molar-refractivity contribution in [2.45, 2.75) is 24.8 Å². The molecule has 19 heavy (non-hydrogen) atoms. The standard InChI is InChI=1S/C10H13BrF4N2OS/c11-8-2-1-7(19-8)3-6(17-16)4-18-5-10(14,15)9(12)13/h1-2,6,9,17H,3-5,16H2. The average molecular weight is 365 g/mol. The van der Waals surface area contributed by atoms with E-state index in [0.29, 0.717) is 6.42 Å². The Labute approximate surface area is 120 Å². The van der Waals surface area contributed by atoms with Crippen LogP contribution in [0.1, 0.15) is 4.88 Å². The van der Waals surface area contributed by atoms with E-state index in [1.54, 1.807) is 0 Å². The normalized spacial score (nSPS) is 14.1. The average Bonchev–Trinajstić information content (AvgIpc) is 2.73. The summed E-state index contributed by atoms with van der Waals surface area (Å²) >= 11 is 4.76. The molecular weight excluding hydrogens is 352 g/mol. The van der Waals surface area contributed by atoms with E-state index >= 15 is 0 Å². The van der Waals surface area contributed by atoms with E-state index in [4.69, 9.17) is 5.84 Å². The number of nitrogens with two attached hydrogens (primary N) is 1. The smallest absolute Gasteiger partial charge is 0.330 e. The minimum absolute atomic E-state index is 0.172. The highest BCUT2D eigenvalue weighted by Crippen LogP contribution is 2.24. The lowest BCUT2D eigenvalue weighted by Crippen LogP contribution is -2.42. The van der Waals surface area contributed by atoms with Crippen LogP contribution in [0.5, 0.6) is 0 Å². The molecule has 110 valence electrons. The van der Waals surface area contributed by atoms with Gasteiger partial charge in [-0.05, 0) is 28.1 Å². The van der Waals surface area contributed by atoms with Gasteiger partial charge >= 0.3 is 12.3 Å². The van der Waals surface area contributed by atoms with Crippen LogP contribution in [0.25, 0.3) is 0 Å². The molecule has 1 rings (SSSR count). The highest BCUT2D eigenvalue weighted by Gasteiger charge is 2.41. The SMILES string of the molecule is NNC(COCC(F)(F)C(F)F)Cc1ccc(Br)s1. The first kappa shape index (κ1) is 16.8. The molecule has 0 fully saturated rings. The summed E-state index contributed by atoms with van der Waals surface area (Å²) < 4.78 is 54.5. The van der Waals surface area contributed by atoms with Crippen molar-refractivity contribution in [3.8, 4) is 0 Å². The number of hydrogen-bond acceptors (Lipinski definition) is 4. The van der Waals surface area contributed by atoms with Crippen LogP contribution in [0.15, 0.2) is 15.9 Å². The van der Waals surface area contributed by atoms with Gasteiger partial charge in [0.05, 0.1) is 10.4 Å². The molecule has 0 radical (unpaired) electrons. The van der Waals surface area contributed by atoms with Crippen molar-refractivity contribution in [3.05, 3.63) is 20.8 Å². The number of hydrazine groups is 1.